The molecule has 3 aliphatic rings. The third-order valence-corrected chi connectivity index (χ3v) is 7.69. The minimum atomic E-state index is -0.221. The average Bonchev–Trinajstić information content (AvgIpc) is 3.15. The van der Waals surface area contributed by atoms with Crippen molar-refractivity contribution in [3.8, 4) is 0 Å². The number of hydrogen-bond donors (Lipinski definition) is 1. The van der Waals surface area contributed by atoms with Gasteiger partial charge in [0.25, 0.3) is 0 Å². The Morgan fingerprint density at radius 1 is 0.788 bits per heavy atom. The zero-order valence-corrected chi connectivity index (χ0v) is 20.5. The van der Waals surface area contributed by atoms with Crippen molar-refractivity contribution in [3.63, 3.8) is 0 Å². The topological polar surface area (TPSA) is 26.7 Å². The summed E-state index contributed by atoms with van der Waals surface area (Å²) in [5.41, 5.74) is 3.39. The number of fused-ring (bicyclic) bond motifs is 1. The van der Waals surface area contributed by atoms with Gasteiger partial charge in [-0.1, -0.05) is 18.2 Å². The van der Waals surface area contributed by atoms with Crippen molar-refractivity contribution in [2.24, 2.45) is 5.92 Å². The van der Waals surface area contributed by atoms with E-state index in [-0.39, 0.29) is 54.5 Å². The van der Waals surface area contributed by atoms with E-state index in [1.807, 2.05) is 18.2 Å². The van der Waals surface area contributed by atoms with Gasteiger partial charge in [-0.3, -0.25) is 4.90 Å². The van der Waals surface area contributed by atoms with E-state index in [1.165, 1.54) is 17.7 Å². The lowest BCUT2D eigenvalue weighted by molar-refractivity contribution is 0.0618. The number of rotatable bonds is 4. The highest BCUT2D eigenvalue weighted by Gasteiger charge is 2.37. The van der Waals surface area contributed by atoms with Crippen molar-refractivity contribution in [3.05, 3.63) is 70.8 Å². The number of piperazine rings is 1. The van der Waals surface area contributed by atoms with Crippen molar-refractivity contribution < 1.29 is 13.9 Å². The predicted octanol–water partition coefficient (Wildman–Crippen LogP) is 5.55. The fraction of sp³-hybridized carbons (Fsp3) is 0.538. The van der Waals surface area contributed by atoms with Crippen molar-refractivity contribution in [2.45, 2.75) is 50.2 Å². The number of aliphatic hydroxyl groups is 1. The molecule has 5 rings (SSSR count). The second-order valence-corrected chi connectivity index (χ2v) is 9.64. The third kappa shape index (κ3) is 5.88. The SMILES string of the molecule is Cl.Cl.OC1CCC(CN2CCN([C@H]3C[C@@H](c4ccc(F)cc4)c4ccc(F)cc43)CC2)CC1. The Labute approximate surface area is 208 Å². The van der Waals surface area contributed by atoms with Crippen LogP contribution in [0.25, 0.3) is 0 Å². The minimum Gasteiger partial charge on any atom is -0.393 e. The lowest BCUT2D eigenvalue weighted by Gasteiger charge is -2.40. The summed E-state index contributed by atoms with van der Waals surface area (Å²) in [7, 11) is 0. The first-order chi connectivity index (χ1) is 15.1. The van der Waals surface area contributed by atoms with Gasteiger partial charge in [-0.15, -0.1) is 24.8 Å². The molecule has 1 heterocycles. The fourth-order valence-electron chi connectivity index (χ4n) is 5.94. The Kier molecular flexibility index (Phi) is 9.16. The number of aliphatic hydroxyl groups excluding tert-OH is 1. The normalized spacial score (nSPS) is 28.0. The lowest BCUT2D eigenvalue weighted by atomic mass is 9.87. The van der Waals surface area contributed by atoms with Gasteiger partial charge in [-0.2, -0.15) is 0 Å². The van der Waals surface area contributed by atoms with E-state index in [0.29, 0.717) is 5.92 Å². The summed E-state index contributed by atoms with van der Waals surface area (Å²) in [4.78, 5) is 5.08. The maximum Gasteiger partial charge on any atom is 0.123 e. The number of hydrogen-bond acceptors (Lipinski definition) is 3. The van der Waals surface area contributed by atoms with Gasteiger partial charge in [0, 0.05) is 44.7 Å². The fourth-order valence-corrected chi connectivity index (χ4v) is 5.94. The molecule has 0 bridgehead atoms. The predicted molar refractivity (Wildman–Crippen MR) is 132 cm³/mol. The van der Waals surface area contributed by atoms with E-state index in [4.69, 9.17) is 0 Å². The lowest BCUT2D eigenvalue weighted by Crippen LogP contribution is -2.48. The van der Waals surface area contributed by atoms with Crippen molar-refractivity contribution >= 4 is 24.8 Å². The molecule has 1 aliphatic heterocycles. The summed E-state index contributed by atoms with van der Waals surface area (Å²) < 4.78 is 27.6. The van der Waals surface area contributed by atoms with E-state index in [0.717, 1.165) is 76.0 Å². The monoisotopic (exact) mass is 498 g/mol. The van der Waals surface area contributed by atoms with Gasteiger partial charge in [0.05, 0.1) is 6.10 Å². The van der Waals surface area contributed by atoms with Crippen LogP contribution in [0, 0.1) is 17.6 Å². The summed E-state index contributed by atoms with van der Waals surface area (Å²) in [5.74, 6) is 0.495. The molecule has 2 aliphatic carbocycles. The average molecular weight is 499 g/mol. The van der Waals surface area contributed by atoms with Crippen LogP contribution in [-0.4, -0.2) is 53.7 Å². The molecule has 7 heteroatoms. The Morgan fingerprint density at radius 2 is 1.42 bits per heavy atom. The molecule has 2 aromatic rings. The molecule has 3 nitrogen and oxygen atoms in total. The second kappa shape index (κ2) is 11.5. The number of benzene rings is 2. The number of halogens is 4. The Morgan fingerprint density at radius 3 is 2.09 bits per heavy atom. The third-order valence-electron chi connectivity index (χ3n) is 7.69. The Balaban J connectivity index is 0.00000153. The maximum atomic E-state index is 14.1. The van der Waals surface area contributed by atoms with Crippen LogP contribution >= 0.6 is 24.8 Å². The molecule has 0 amide bonds. The molecule has 1 saturated carbocycles. The van der Waals surface area contributed by atoms with Gasteiger partial charge in [0.1, 0.15) is 11.6 Å². The quantitative estimate of drug-likeness (QED) is 0.598. The largest absolute Gasteiger partial charge is 0.393 e. The van der Waals surface area contributed by atoms with Crippen LogP contribution in [0.2, 0.25) is 0 Å². The van der Waals surface area contributed by atoms with E-state index in [9.17, 15) is 13.9 Å². The van der Waals surface area contributed by atoms with Gasteiger partial charge in [-0.05, 0) is 79.0 Å². The first kappa shape index (κ1) is 26.4. The first-order valence-corrected chi connectivity index (χ1v) is 11.8. The van der Waals surface area contributed by atoms with Crippen LogP contribution < -0.4 is 0 Å². The van der Waals surface area contributed by atoms with Gasteiger partial charge in [-0.25, -0.2) is 8.78 Å². The highest BCUT2D eigenvalue weighted by Crippen LogP contribution is 2.47. The van der Waals surface area contributed by atoms with E-state index < -0.39 is 0 Å². The van der Waals surface area contributed by atoms with Crippen LogP contribution in [-0.2, 0) is 0 Å². The number of nitrogens with zero attached hydrogens (tertiary/aromatic N) is 2. The first-order valence-electron chi connectivity index (χ1n) is 11.8. The molecule has 33 heavy (non-hydrogen) atoms. The van der Waals surface area contributed by atoms with Crippen LogP contribution in [0.4, 0.5) is 8.78 Å². The molecule has 2 fully saturated rings. The Hall–Kier alpha value is -1.24. The molecular formula is C26H34Cl2F2N2O. The molecule has 2 atom stereocenters. The molecular weight excluding hydrogens is 465 g/mol. The van der Waals surface area contributed by atoms with Crippen molar-refractivity contribution in [1.29, 1.82) is 0 Å². The summed E-state index contributed by atoms with van der Waals surface area (Å²) in [6, 6.07) is 12.2. The Bertz CT molecular complexity index is 898. The van der Waals surface area contributed by atoms with Gasteiger partial charge < -0.3 is 10.0 Å². The van der Waals surface area contributed by atoms with Crippen LogP contribution in [0.3, 0.4) is 0 Å². The second-order valence-electron chi connectivity index (χ2n) is 9.64. The molecule has 1 N–H and O–H groups in total. The van der Waals surface area contributed by atoms with Gasteiger partial charge in [0.15, 0.2) is 0 Å². The smallest absolute Gasteiger partial charge is 0.123 e. The molecule has 2 aromatic carbocycles. The molecule has 1 saturated heterocycles. The standard InChI is InChI=1S/C26H32F2N2O.2ClH/c27-20-5-3-19(4-6-20)24-16-26(25-15-21(28)7-10-23(24)25)30-13-11-29(12-14-30)17-18-1-8-22(31)9-2-18;;/h3-7,10,15,18,22,24,26,31H,1-2,8-9,11-14,16-17H2;2*1H/t18?,22?,24-,26-;;/m0../s1. The van der Waals surface area contributed by atoms with Crippen molar-refractivity contribution in [1.82, 2.24) is 9.80 Å². The summed E-state index contributed by atoms with van der Waals surface area (Å²) in [6.07, 6.45) is 4.99. The molecule has 182 valence electrons. The maximum absolute atomic E-state index is 14.1. The highest BCUT2D eigenvalue weighted by molar-refractivity contribution is 5.85. The van der Waals surface area contributed by atoms with Crippen LogP contribution in [0.1, 0.15) is 60.8 Å². The minimum absolute atomic E-state index is 0. The highest BCUT2D eigenvalue weighted by atomic mass is 35.5. The van der Waals surface area contributed by atoms with E-state index in [2.05, 4.69) is 9.80 Å². The van der Waals surface area contributed by atoms with Gasteiger partial charge in [0.2, 0.25) is 0 Å². The molecule has 0 unspecified atom stereocenters. The zero-order chi connectivity index (χ0) is 21.4. The molecule has 0 radical (unpaired) electrons. The summed E-state index contributed by atoms with van der Waals surface area (Å²) in [5, 5.41) is 9.74. The molecule has 0 aromatic heterocycles. The van der Waals surface area contributed by atoms with Crippen LogP contribution in [0.15, 0.2) is 42.5 Å². The van der Waals surface area contributed by atoms with Crippen molar-refractivity contribution in [2.75, 3.05) is 32.7 Å². The summed E-state index contributed by atoms with van der Waals surface area (Å²) in [6.45, 7) is 5.20. The molecule has 0 spiro atoms. The van der Waals surface area contributed by atoms with Gasteiger partial charge >= 0.3 is 0 Å². The van der Waals surface area contributed by atoms with E-state index >= 15 is 0 Å². The van der Waals surface area contributed by atoms with E-state index in [1.54, 1.807) is 12.1 Å². The zero-order valence-electron chi connectivity index (χ0n) is 18.8. The van der Waals surface area contributed by atoms with Crippen LogP contribution in [0.5, 0.6) is 0 Å². The summed E-state index contributed by atoms with van der Waals surface area (Å²) >= 11 is 0.